The molecule has 0 aliphatic carbocycles. The third kappa shape index (κ3) is 3.37. The highest BCUT2D eigenvalue weighted by Gasteiger charge is 2.37. The van der Waals surface area contributed by atoms with Gasteiger partial charge in [0.25, 0.3) is 0 Å². The third-order valence-electron chi connectivity index (χ3n) is 2.36. The smallest absolute Gasteiger partial charge is 0.410 e. The van der Waals surface area contributed by atoms with Crippen LogP contribution in [0, 0.1) is 5.92 Å². The Bertz CT molecular complexity index is 266. The van der Waals surface area contributed by atoms with Crippen molar-refractivity contribution >= 4 is 12.1 Å². The summed E-state index contributed by atoms with van der Waals surface area (Å²) in [5.74, 6) is -0.0157. The maximum absolute atomic E-state index is 11.2. The Morgan fingerprint density at radius 3 is 2.94 bits per heavy atom. The molecule has 0 saturated carbocycles. The Balaban J connectivity index is 2.33. The molecule has 0 bridgehead atoms. The molecule has 1 atom stereocenters. The van der Waals surface area contributed by atoms with Crippen LogP contribution in [0.2, 0.25) is 0 Å². The van der Waals surface area contributed by atoms with Crippen LogP contribution in [0.4, 0.5) is 4.79 Å². The van der Waals surface area contributed by atoms with Gasteiger partial charge in [0.2, 0.25) is 0 Å². The van der Waals surface area contributed by atoms with Crippen LogP contribution < -0.4 is 0 Å². The fourth-order valence-electron chi connectivity index (χ4n) is 1.31. The minimum atomic E-state index is -1.16. The molecule has 1 saturated heterocycles. The summed E-state index contributed by atoms with van der Waals surface area (Å²) in [6, 6.07) is -0.815. The number of carbonyl (C=O) groups excluding carboxylic acids is 1. The fraction of sp³-hybridized carbons (Fsp3) is 0.800. The zero-order valence-corrected chi connectivity index (χ0v) is 9.51. The molecule has 6 nitrogen and oxygen atoms in total. The zero-order valence-electron chi connectivity index (χ0n) is 9.51. The summed E-state index contributed by atoms with van der Waals surface area (Å²) < 4.78 is 9.92. The van der Waals surface area contributed by atoms with E-state index in [-0.39, 0.29) is 13.3 Å². The second-order valence-corrected chi connectivity index (χ2v) is 4.12. The number of cyclic esters (lactones) is 1. The van der Waals surface area contributed by atoms with Gasteiger partial charge >= 0.3 is 12.1 Å². The lowest BCUT2D eigenvalue weighted by atomic mass is 10.1. The first-order valence-corrected chi connectivity index (χ1v) is 5.26. The van der Waals surface area contributed by atoms with Crippen molar-refractivity contribution in [1.82, 2.24) is 4.90 Å². The van der Waals surface area contributed by atoms with Gasteiger partial charge in [0.1, 0.15) is 0 Å². The summed E-state index contributed by atoms with van der Waals surface area (Å²) in [5, 5.41) is 8.78. The van der Waals surface area contributed by atoms with Crippen LogP contribution in [0.3, 0.4) is 0 Å². The van der Waals surface area contributed by atoms with Crippen LogP contribution >= 0.6 is 0 Å². The fourth-order valence-corrected chi connectivity index (χ4v) is 1.31. The lowest BCUT2D eigenvalue weighted by Crippen LogP contribution is -2.40. The second-order valence-electron chi connectivity index (χ2n) is 4.12. The molecule has 1 N–H and O–H groups in total. The quantitative estimate of drug-likeness (QED) is 0.562. The Kier molecular flexibility index (Phi) is 4.54. The standard InChI is InChI=1S/C10H17NO5/c1-7(2)3-4-15-5-8-9(12)16-6-11(8)10(13)14/h7-8H,3-6H2,1-2H3,(H,13,14)/t8-/m0/s1. The molecule has 1 aliphatic heterocycles. The Morgan fingerprint density at radius 1 is 1.69 bits per heavy atom. The summed E-state index contributed by atoms with van der Waals surface area (Å²) in [5.41, 5.74) is 0. The van der Waals surface area contributed by atoms with Gasteiger partial charge in [0, 0.05) is 6.61 Å². The summed E-state index contributed by atoms with van der Waals surface area (Å²) in [6.07, 6.45) is -0.280. The molecule has 1 heterocycles. The highest BCUT2D eigenvalue weighted by atomic mass is 16.6. The van der Waals surface area contributed by atoms with E-state index in [1.807, 2.05) is 0 Å². The van der Waals surface area contributed by atoms with Gasteiger partial charge in [0.05, 0.1) is 6.61 Å². The van der Waals surface area contributed by atoms with Gasteiger partial charge in [-0.05, 0) is 12.3 Å². The molecule has 1 rings (SSSR count). The Hall–Kier alpha value is -1.30. The third-order valence-corrected chi connectivity index (χ3v) is 2.36. The highest BCUT2D eigenvalue weighted by Crippen LogP contribution is 2.12. The predicted octanol–water partition coefficient (Wildman–Crippen LogP) is 0.912. The summed E-state index contributed by atoms with van der Waals surface area (Å²) in [4.78, 5) is 22.9. The molecule has 0 aromatic rings. The molecule has 0 spiro atoms. The van der Waals surface area contributed by atoms with E-state index in [1.165, 1.54) is 0 Å². The number of hydrogen-bond donors (Lipinski definition) is 1. The number of hydrogen-bond acceptors (Lipinski definition) is 4. The van der Waals surface area contributed by atoms with E-state index < -0.39 is 18.1 Å². The lowest BCUT2D eigenvalue weighted by molar-refractivity contribution is -0.140. The van der Waals surface area contributed by atoms with Crippen LogP contribution in [-0.4, -0.2) is 48.1 Å². The molecule has 0 aromatic heterocycles. The Labute approximate surface area is 94.1 Å². The van der Waals surface area contributed by atoms with Gasteiger partial charge in [-0.3, -0.25) is 4.90 Å². The number of rotatable bonds is 5. The largest absolute Gasteiger partial charge is 0.465 e. The van der Waals surface area contributed by atoms with Crippen LogP contribution in [0.1, 0.15) is 20.3 Å². The summed E-state index contributed by atoms with van der Waals surface area (Å²) in [6.45, 7) is 4.52. The van der Waals surface area contributed by atoms with E-state index in [0.29, 0.717) is 12.5 Å². The number of carboxylic acid groups (broad SMARTS) is 1. The van der Waals surface area contributed by atoms with Crippen molar-refractivity contribution < 1.29 is 24.2 Å². The van der Waals surface area contributed by atoms with Crippen molar-refractivity contribution in [2.24, 2.45) is 5.92 Å². The number of carbonyl (C=O) groups is 2. The molecule has 1 fully saturated rings. The first-order valence-electron chi connectivity index (χ1n) is 5.26. The summed E-state index contributed by atoms with van der Waals surface area (Å²) >= 11 is 0. The average Bonchev–Trinajstić information content (AvgIpc) is 2.54. The molecule has 0 unspecified atom stereocenters. The van der Waals surface area contributed by atoms with Crippen molar-refractivity contribution in [3.05, 3.63) is 0 Å². The highest BCUT2D eigenvalue weighted by molar-refractivity contribution is 5.83. The van der Waals surface area contributed by atoms with Crippen molar-refractivity contribution in [2.45, 2.75) is 26.3 Å². The molecular weight excluding hydrogens is 214 g/mol. The second kappa shape index (κ2) is 5.69. The van der Waals surface area contributed by atoms with Crippen molar-refractivity contribution in [3.63, 3.8) is 0 Å². The topological polar surface area (TPSA) is 76.1 Å². The van der Waals surface area contributed by atoms with E-state index in [2.05, 4.69) is 18.6 Å². The van der Waals surface area contributed by atoms with Crippen molar-refractivity contribution in [2.75, 3.05) is 19.9 Å². The number of amides is 1. The van der Waals surface area contributed by atoms with E-state index in [4.69, 9.17) is 9.84 Å². The van der Waals surface area contributed by atoms with Crippen LogP contribution in [0.25, 0.3) is 0 Å². The van der Waals surface area contributed by atoms with Crippen LogP contribution in [-0.2, 0) is 14.3 Å². The molecule has 92 valence electrons. The molecule has 1 amide bonds. The minimum absolute atomic E-state index is 0.0673. The van der Waals surface area contributed by atoms with Gasteiger partial charge in [0.15, 0.2) is 12.8 Å². The molecule has 1 aliphatic rings. The predicted molar refractivity (Wildman–Crippen MR) is 54.9 cm³/mol. The van der Waals surface area contributed by atoms with E-state index in [0.717, 1.165) is 11.3 Å². The molecule has 6 heteroatoms. The van der Waals surface area contributed by atoms with Crippen molar-refractivity contribution in [3.8, 4) is 0 Å². The van der Waals surface area contributed by atoms with Crippen LogP contribution in [0.15, 0.2) is 0 Å². The lowest BCUT2D eigenvalue weighted by Gasteiger charge is -2.16. The van der Waals surface area contributed by atoms with Gasteiger partial charge in [-0.25, -0.2) is 9.59 Å². The van der Waals surface area contributed by atoms with E-state index >= 15 is 0 Å². The van der Waals surface area contributed by atoms with Gasteiger partial charge < -0.3 is 14.6 Å². The zero-order chi connectivity index (χ0) is 12.1. The van der Waals surface area contributed by atoms with Gasteiger partial charge in [-0.1, -0.05) is 13.8 Å². The summed E-state index contributed by atoms with van der Waals surface area (Å²) in [7, 11) is 0. The maximum atomic E-state index is 11.2. The first kappa shape index (κ1) is 12.8. The molecule has 0 aromatic carbocycles. The minimum Gasteiger partial charge on any atom is -0.465 e. The van der Waals surface area contributed by atoms with Gasteiger partial charge in [-0.2, -0.15) is 0 Å². The first-order chi connectivity index (χ1) is 7.52. The Morgan fingerprint density at radius 2 is 2.38 bits per heavy atom. The average molecular weight is 231 g/mol. The molecule has 0 radical (unpaired) electrons. The van der Waals surface area contributed by atoms with Gasteiger partial charge in [-0.15, -0.1) is 0 Å². The molecular formula is C10H17NO5. The van der Waals surface area contributed by atoms with E-state index in [1.54, 1.807) is 0 Å². The van der Waals surface area contributed by atoms with Crippen LogP contribution in [0.5, 0.6) is 0 Å². The number of esters is 1. The number of ether oxygens (including phenoxy) is 2. The van der Waals surface area contributed by atoms with Crippen molar-refractivity contribution in [1.29, 1.82) is 0 Å². The molecule has 16 heavy (non-hydrogen) atoms. The monoisotopic (exact) mass is 231 g/mol. The normalized spacial score (nSPS) is 20.3. The SMILES string of the molecule is CC(C)CCOC[C@H]1C(=O)OCN1C(=O)O. The van der Waals surface area contributed by atoms with E-state index in [9.17, 15) is 9.59 Å². The maximum Gasteiger partial charge on any atom is 0.410 e. The number of nitrogens with zero attached hydrogens (tertiary/aromatic N) is 1.